The fourth-order valence-corrected chi connectivity index (χ4v) is 2.41. The van der Waals surface area contributed by atoms with Crippen LogP contribution in [-0.4, -0.2) is 73.1 Å². The fraction of sp³-hybridized carbons (Fsp3) is 0.800. The second kappa shape index (κ2) is 7.53. The van der Waals surface area contributed by atoms with Crippen LogP contribution >= 0.6 is 0 Å². The van der Waals surface area contributed by atoms with E-state index in [1.165, 1.54) is 0 Å². The predicted molar refractivity (Wildman–Crippen MR) is 71.0 cm³/mol. The Balaban J connectivity index is 2.27. The van der Waals surface area contributed by atoms with Crippen LogP contribution in [0.25, 0.3) is 0 Å². The van der Waals surface area contributed by atoms with Crippen LogP contribution in [-0.2, 0) is 19.7 Å². The molecule has 4 N–H and O–H groups in total. The van der Waals surface area contributed by atoms with Crippen molar-refractivity contribution in [1.82, 2.24) is 15.2 Å². The Hall–Kier alpha value is -1.23. The Kier molecular flexibility index (Phi) is 6.33. The molecule has 0 aromatic heterocycles. The lowest BCUT2D eigenvalue weighted by Crippen LogP contribution is -2.49. The highest BCUT2D eigenvalue weighted by atomic mass is 32.2. The number of nitrogens with one attached hydrogen (secondary N) is 1. The Labute approximate surface area is 117 Å². The van der Waals surface area contributed by atoms with Crippen molar-refractivity contribution in [3.63, 3.8) is 0 Å². The van der Waals surface area contributed by atoms with E-state index >= 15 is 0 Å². The van der Waals surface area contributed by atoms with Gasteiger partial charge >= 0.3 is 0 Å². The van der Waals surface area contributed by atoms with E-state index in [0.29, 0.717) is 26.2 Å². The Morgan fingerprint density at radius 2 is 1.75 bits per heavy atom. The number of carbonyl (C=O) groups excluding carboxylic acids is 2. The molecule has 9 nitrogen and oxygen atoms in total. The standard InChI is InChI=1S/C10H20N4O5S/c11-12-9(15)1-2-10(16)14-5-3-13(4-6-14)7-8-20(17,18)19/h1-8,11H2,(H,12,15)(H,17,18,19). The largest absolute Gasteiger partial charge is 0.340 e. The zero-order valence-corrected chi connectivity index (χ0v) is 11.9. The molecule has 1 saturated heterocycles. The molecule has 116 valence electrons. The second-order valence-corrected chi connectivity index (χ2v) is 6.15. The number of amides is 2. The molecule has 1 aliphatic rings. The van der Waals surface area contributed by atoms with Crippen molar-refractivity contribution in [2.75, 3.05) is 38.5 Å². The van der Waals surface area contributed by atoms with Gasteiger partial charge < -0.3 is 4.90 Å². The molecule has 0 saturated carbocycles. The number of nitrogens with two attached hydrogens (primary N) is 1. The summed E-state index contributed by atoms with van der Waals surface area (Å²) in [6.45, 7) is 2.30. The van der Waals surface area contributed by atoms with Gasteiger partial charge in [0.05, 0.1) is 5.75 Å². The van der Waals surface area contributed by atoms with Crippen LogP contribution in [0.15, 0.2) is 0 Å². The first-order chi connectivity index (χ1) is 9.31. The molecule has 0 bridgehead atoms. The summed E-state index contributed by atoms with van der Waals surface area (Å²) in [6, 6.07) is 0. The van der Waals surface area contributed by atoms with E-state index < -0.39 is 10.1 Å². The Morgan fingerprint density at radius 3 is 2.25 bits per heavy atom. The molecule has 1 fully saturated rings. The van der Waals surface area contributed by atoms with Gasteiger partial charge in [-0.15, -0.1) is 0 Å². The van der Waals surface area contributed by atoms with Gasteiger partial charge in [0.1, 0.15) is 0 Å². The van der Waals surface area contributed by atoms with Gasteiger partial charge in [-0.1, -0.05) is 0 Å². The summed E-state index contributed by atoms with van der Waals surface area (Å²) < 4.78 is 29.9. The molecule has 0 aromatic carbocycles. The van der Waals surface area contributed by atoms with Crippen LogP contribution in [0.2, 0.25) is 0 Å². The number of nitrogens with zero attached hydrogens (tertiary/aromatic N) is 2. The zero-order chi connectivity index (χ0) is 15.2. The highest BCUT2D eigenvalue weighted by molar-refractivity contribution is 7.85. The van der Waals surface area contributed by atoms with Crippen molar-refractivity contribution in [3.8, 4) is 0 Å². The van der Waals surface area contributed by atoms with E-state index in [9.17, 15) is 18.0 Å². The lowest BCUT2D eigenvalue weighted by atomic mass is 10.2. The SMILES string of the molecule is NNC(=O)CCC(=O)N1CCN(CCS(=O)(=O)O)CC1. The minimum atomic E-state index is -3.95. The number of carbonyl (C=O) groups is 2. The molecule has 1 heterocycles. The van der Waals surface area contributed by atoms with Crippen molar-refractivity contribution in [2.45, 2.75) is 12.8 Å². The molecule has 0 unspecified atom stereocenters. The average molecular weight is 308 g/mol. The molecular weight excluding hydrogens is 288 g/mol. The van der Waals surface area contributed by atoms with E-state index in [-0.39, 0.29) is 37.0 Å². The molecule has 0 aliphatic carbocycles. The van der Waals surface area contributed by atoms with Crippen LogP contribution in [0.1, 0.15) is 12.8 Å². The molecule has 0 atom stereocenters. The fourth-order valence-electron chi connectivity index (χ4n) is 1.92. The van der Waals surface area contributed by atoms with Crippen molar-refractivity contribution >= 4 is 21.9 Å². The summed E-state index contributed by atoms with van der Waals surface area (Å²) >= 11 is 0. The molecule has 0 spiro atoms. The van der Waals surface area contributed by atoms with Gasteiger partial charge in [-0.25, -0.2) is 5.84 Å². The van der Waals surface area contributed by atoms with E-state index in [2.05, 4.69) is 0 Å². The smallest absolute Gasteiger partial charge is 0.266 e. The summed E-state index contributed by atoms with van der Waals surface area (Å²) in [7, 11) is -3.95. The van der Waals surface area contributed by atoms with Crippen molar-refractivity contribution in [3.05, 3.63) is 0 Å². The predicted octanol–water partition coefficient (Wildman–Crippen LogP) is -2.21. The lowest BCUT2D eigenvalue weighted by molar-refractivity contribution is -0.135. The maximum absolute atomic E-state index is 11.8. The monoisotopic (exact) mass is 308 g/mol. The molecule has 0 radical (unpaired) electrons. The first-order valence-electron chi connectivity index (χ1n) is 6.26. The van der Waals surface area contributed by atoms with Crippen LogP contribution in [0.3, 0.4) is 0 Å². The van der Waals surface area contributed by atoms with Crippen molar-refractivity contribution < 1.29 is 22.6 Å². The second-order valence-electron chi connectivity index (χ2n) is 4.58. The number of hydrogen-bond acceptors (Lipinski definition) is 6. The highest BCUT2D eigenvalue weighted by Gasteiger charge is 2.22. The summed E-state index contributed by atoms with van der Waals surface area (Å²) in [5.41, 5.74) is 1.96. The topological polar surface area (TPSA) is 133 Å². The van der Waals surface area contributed by atoms with Crippen LogP contribution in [0.5, 0.6) is 0 Å². The number of hydrogen-bond donors (Lipinski definition) is 3. The lowest BCUT2D eigenvalue weighted by Gasteiger charge is -2.34. The van der Waals surface area contributed by atoms with Gasteiger partial charge in [0.2, 0.25) is 11.8 Å². The zero-order valence-electron chi connectivity index (χ0n) is 11.1. The highest BCUT2D eigenvalue weighted by Crippen LogP contribution is 2.05. The van der Waals surface area contributed by atoms with E-state index in [1.54, 1.807) is 4.90 Å². The third kappa shape index (κ3) is 6.28. The van der Waals surface area contributed by atoms with Gasteiger partial charge in [-0.3, -0.25) is 24.5 Å². The van der Waals surface area contributed by atoms with Crippen molar-refractivity contribution in [2.24, 2.45) is 5.84 Å². The van der Waals surface area contributed by atoms with Gasteiger partial charge in [0.15, 0.2) is 0 Å². The van der Waals surface area contributed by atoms with Crippen LogP contribution < -0.4 is 11.3 Å². The number of rotatable bonds is 6. The molecule has 20 heavy (non-hydrogen) atoms. The summed E-state index contributed by atoms with van der Waals surface area (Å²) in [4.78, 5) is 26.2. The maximum Gasteiger partial charge on any atom is 0.266 e. The third-order valence-electron chi connectivity index (χ3n) is 3.12. The quantitative estimate of drug-likeness (QED) is 0.219. The molecule has 2 amide bonds. The van der Waals surface area contributed by atoms with Gasteiger partial charge in [-0.2, -0.15) is 8.42 Å². The van der Waals surface area contributed by atoms with E-state index in [4.69, 9.17) is 10.4 Å². The molecule has 1 rings (SSSR count). The van der Waals surface area contributed by atoms with Gasteiger partial charge in [0, 0.05) is 45.6 Å². The van der Waals surface area contributed by atoms with Crippen LogP contribution in [0.4, 0.5) is 0 Å². The number of hydrazine groups is 1. The molecule has 1 aliphatic heterocycles. The first kappa shape index (κ1) is 16.8. The molecule has 0 aromatic rings. The molecular formula is C10H20N4O5S. The number of piperazine rings is 1. The third-order valence-corrected chi connectivity index (χ3v) is 3.82. The Bertz CT molecular complexity index is 445. The molecule has 10 heteroatoms. The maximum atomic E-state index is 11.8. The van der Waals surface area contributed by atoms with Gasteiger partial charge in [-0.05, 0) is 0 Å². The minimum absolute atomic E-state index is 0.0539. The summed E-state index contributed by atoms with van der Waals surface area (Å²) in [5, 5.41) is 0. The normalized spacial score (nSPS) is 17.0. The van der Waals surface area contributed by atoms with Crippen LogP contribution in [0, 0.1) is 0 Å². The van der Waals surface area contributed by atoms with Crippen molar-refractivity contribution in [1.29, 1.82) is 0 Å². The minimum Gasteiger partial charge on any atom is -0.340 e. The van der Waals surface area contributed by atoms with E-state index in [1.807, 2.05) is 10.3 Å². The Morgan fingerprint density at radius 1 is 1.15 bits per heavy atom. The van der Waals surface area contributed by atoms with Gasteiger partial charge in [0.25, 0.3) is 10.1 Å². The van der Waals surface area contributed by atoms with E-state index in [0.717, 1.165) is 0 Å². The first-order valence-corrected chi connectivity index (χ1v) is 7.87. The summed E-state index contributed by atoms with van der Waals surface area (Å²) in [6.07, 6.45) is 0.159. The average Bonchev–Trinajstić information content (AvgIpc) is 2.41. The summed E-state index contributed by atoms with van der Waals surface area (Å²) in [5.74, 6) is 4.11.